The molecule has 0 N–H and O–H groups in total. The maximum absolute atomic E-state index is 9.45. The highest BCUT2D eigenvalue weighted by atomic mass is 16.6. The summed E-state index contributed by atoms with van der Waals surface area (Å²) >= 11 is 0. The summed E-state index contributed by atoms with van der Waals surface area (Å²) in [6.07, 6.45) is 0. The fourth-order valence-electron chi connectivity index (χ4n) is 0.0365. The molecule has 0 aliphatic heterocycles. The Morgan fingerprint density at radius 3 is 2.43 bits per heavy atom. The molecule has 0 aliphatic carbocycles. The van der Waals surface area contributed by atoms with Crippen LogP contribution in [0.15, 0.2) is 0 Å². The minimum Gasteiger partial charge on any atom is -0.354 e. The summed E-state index contributed by atoms with van der Waals surface area (Å²) in [6, 6.07) is 0. The van der Waals surface area contributed by atoms with Crippen LogP contribution in [0, 0.1) is 10.1 Å². The van der Waals surface area contributed by atoms with Gasteiger partial charge in [0.15, 0.2) is 0 Å². The van der Waals surface area contributed by atoms with Gasteiger partial charge >= 0.3 is 5.84 Å². The Morgan fingerprint density at radius 2 is 2.43 bits per heavy atom. The maximum atomic E-state index is 9.45. The molecule has 0 radical (unpaired) electrons. The zero-order valence-corrected chi connectivity index (χ0v) is 3.66. The van der Waals surface area contributed by atoms with Gasteiger partial charge in [-0.3, -0.25) is 10.1 Å². The van der Waals surface area contributed by atoms with Gasteiger partial charge < -0.3 is 5.53 Å². The van der Waals surface area contributed by atoms with Crippen molar-refractivity contribution in [3.05, 3.63) is 15.6 Å². The number of amidine groups is 1. The molecule has 0 aromatic rings. The van der Waals surface area contributed by atoms with E-state index in [1.54, 1.807) is 0 Å². The summed E-state index contributed by atoms with van der Waals surface area (Å²) in [5.41, 5.74) is 7.65. The van der Waals surface area contributed by atoms with Crippen LogP contribution in [0.25, 0.3) is 5.53 Å². The highest BCUT2D eigenvalue weighted by Gasteiger charge is 2.09. The summed E-state index contributed by atoms with van der Waals surface area (Å²) < 4.78 is 0. The van der Waals surface area contributed by atoms with E-state index in [2.05, 4.69) is 4.79 Å². The summed E-state index contributed by atoms with van der Waals surface area (Å²) in [6.45, 7) is 1.10. The third-order valence-corrected chi connectivity index (χ3v) is 0.409. The molecular formula is C2H3N3O2. The van der Waals surface area contributed by atoms with Crippen molar-refractivity contribution < 1.29 is 9.71 Å². The maximum Gasteiger partial charge on any atom is 0.574 e. The van der Waals surface area contributed by atoms with E-state index in [4.69, 9.17) is 5.53 Å². The van der Waals surface area contributed by atoms with Gasteiger partial charge in [0, 0.05) is 0 Å². The Bertz CT molecular complexity index is 134. The predicted octanol–water partition coefficient (Wildman–Crippen LogP) is -0.0887. The topological polar surface area (TPSA) is 79.5 Å². The molecule has 0 heterocycles. The van der Waals surface area contributed by atoms with Gasteiger partial charge in [-0.15, -0.1) is 0 Å². The Balaban J connectivity index is 4.10. The van der Waals surface area contributed by atoms with Crippen molar-refractivity contribution in [3.8, 4) is 0 Å². The van der Waals surface area contributed by atoms with Crippen LogP contribution in [-0.2, 0) is 0 Å². The summed E-state index contributed by atoms with van der Waals surface area (Å²) in [4.78, 5) is 11.0. The molecule has 0 atom stereocenters. The van der Waals surface area contributed by atoms with Gasteiger partial charge in [-0.2, -0.15) is 0 Å². The van der Waals surface area contributed by atoms with Gasteiger partial charge in [0.2, 0.25) is 0 Å². The van der Waals surface area contributed by atoms with Crippen molar-refractivity contribution in [2.75, 3.05) is 0 Å². The molecule has 0 amide bonds. The van der Waals surface area contributed by atoms with E-state index in [-0.39, 0.29) is 0 Å². The monoisotopic (exact) mass is 101 g/mol. The van der Waals surface area contributed by atoms with Crippen LogP contribution in [0.4, 0.5) is 0 Å². The van der Waals surface area contributed by atoms with Crippen LogP contribution in [0.1, 0.15) is 6.92 Å². The van der Waals surface area contributed by atoms with Crippen molar-refractivity contribution in [1.82, 2.24) is 0 Å². The smallest absolute Gasteiger partial charge is 0.354 e. The molecule has 0 aromatic heterocycles. The third-order valence-electron chi connectivity index (χ3n) is 0.409. The molecule has 0 bridgehead atoms. The Kier molecular flexibility index (Phi) is 1.69. The van der Waals surface area contributed by atoms with Gasteiger partial charge in [0.25, 0.3) is 0 Å². The van der Waals surface area contributed by atoms with E-state index in [9.17, 15) is 10.1 Å². The van der Waals surface area contributed by atoms with Crippen LogP contribution in [0.5, 0.6) is 0 Å². The first-order valence-electron chi connectivity index (χ1n) is 1.51. The van der Waals surface area contributed by atoms with Crippen molar-refractivity contribution >= 4 is 5.84 Å². The lowest BCUT2D eigenvalue weighted by Gasteiger charge is -1.68. The summed E-state index contributed by atoms with van der Waals surface area (Å²) in [5.74, 6) is -0.500. The van der Waals surface area contributed by atoms with Crippen molar-refractivity contribution in [3.63, 3.8) is 0 Å². The zero-order chi connectivity index (χ0) is 5.86. The average Bonchev–Trinajstić information content (AvgIpc) is 1.65. The van der Waals surface area contributed by atoms with Crippen LogP contribution >= 0.6 is 0 Å². The van der Waals surface area contributed by atoms with E-state index >= 15 is 0 Å². The number of nitro groups is 1. The number of rotatable bonds is 0. The van der Waals surface area contributed by atoms with Crippen LogP contribution in [0.2, 0.25) is 0 Å². The molecule has 5 heteroatoms. The first kappa shape index (κ1) is 5.78. The second-order valence-electron chi connectivity index (χ2n) is 0.904. The lowest BCUT2D eigenvalue weighted by atomic mass is 10.7. The van der Waals surface area contributed by atoms with Crippen LogP contribution < -0.4 is 0 Å². The molecule has 0 unspecified atom stereocenters. The Morgan fingerprint density at radius 1 is 2.00 bits per heavy atom. The Labute approximate surface area is 39.3 Å². The molecule has 5 nitrogen and oxygen atoms in total. The second kappa shape index (κ2) is 2.04. The van der Waals surface area contributed by atoms with Gasteiger partial charge in [-0.05, 0) is 0 Å². The van der Waals surface area contributed by atoms with E-state index < -0.39 is 10.8 Å². The quantitative estimate of drug-likeness (QED) is 0.107. The standard InChI is InChI=1S/C2H3N3O2/c1-2(4-3)5(6)7/h1H3. The molecular weight excluding hydrogens is 98.0 g/mol. The molecule has 0 spiro atoms. The fourth-order valence-corrected chi connectivity index (χ4v) is 0.0365. The Hall–Kier alpha value is -1.22. The molecule has 0 saturated carbocycles. The molecule has 0 fully saturated rings. The van der Waals surface area contributed by atoms with E-state index in [1.807, 2.05) is 0 Å². The zero-order valence-electron chi connectivity index (χ0n) is 3.66. The molecule has 0 aromatic carbocycles. The van der Waals surface area contributed by atoms with Crippen molar-refractivity contribution in [2.24, 2.45) is 0 Å². The van der Waals surface area contributed by atoms with E-state index in [1.165, 1.54) is 0 Å². The summed E-state index contributed by atoms with van der Waals surface area (Å²) in [5, 5.41) is 9.45. The SMILES string of the molecule is CC(=[N+]=[N-])[N+](=O)[O-]. The van der Waals surface area contributed by atoms with Gasteiger partial charge in [0.05, 0.1) is 0 Å². The number of hydrogen-bond acceptors (Lipinski definition) is 2. The average molecular weight is 101 g/mol. The van der Waals surface area contributed by atoms with E-state index in [0.717, 1.165) is 6.92 Å². The van der Waals surface area contributed by atoms with Crippen LogP contribution in [0.3, 0.4) is 0 Å². The highest BCUT2D eigenvalue weighted by Crippen LogP contribution is 1.65. The van der Waals surface area contributed by atoms with Crippen molar-refractivity contribution in [1.29, 1.82) is 0 Å². The molecule has 38 valence electrons. The molecule has 0 rings (SSSR count). The molecule has 0 aliphatic rings. The lowest BCUT2D eigenvalue weighted by Crippen LogP contribution is -2.06. The second-order valence-corrected chi connectivity index (χ2v) is 0.904. The van der Waals surface area contributed by atoms with Gasteiger partial charge in [-0.1, -0.05) is 4.79 Å². The minimum atomic E-state index is -0.778. The summed E-state index contributed by atoms with van der Waals surface area (Å²) in [7, 11) is 0. The predicted molar refractivity (Wildman–Crippen MR) is 21.3 cm³/mol. The van der Waals surface area contributed by atoms with E-state index in [0.29, 0.717) is 0 Å². The first-order chi connectivity index (χ1) is 3.18. The van der Waals surface area contributed by atoms with Gasteiger partial charge in [0.1, 0.15) is 11.8 Å². The normalized spacial score (nSPS) is 7.00. The number of hydrogen-bond donors (Lipinski definition) is 0. The first-order valence-corrected chi connectivity index (χ1v) is 1.51. The van der Waals surface area contributed by atoms with Gasteiger partial charge in [-0.25, -0.2) is 0 Å². The molecule has 7 heavy (non-hydrogen) atoms. The highest BCUT2D eigenvalue weighted by molar-refractivity contribution is 5.64. The number of nitrogens with zero attached hydrogens (tertiary/aromatic N) is 3. The van der Waals surface area contributed by atoms with Crippen molar-refractivity contribution in [2.45, 2.75) is 6.92 Å². The fraction of sp³-hybridized carbons (Fsp3) is 0.500. The van der Waals surface area contributed by atoms with Crippen LogP contribution in [-0.4, -0.2) is 15.5 Å². The molecule has 0 saturated heterocycles. The third kappa shape index (κ3) is 1.62. The largest absolute Gasteiger partial charge is 0.574 e. The lowest BCUT2D eigenvalue weighted by molar-refractivity contribution is -0.385. The minimum absolute atomic E-state index is 0.500.